The lowest BCUT2D eigenvalue weighted by molar-refractivity contribution is -0.0909. The Balaban J connectivity index is 0.000000390. The molecule has 0 spiro atoms. The van der Waals surface area contributed by atoms with Gasteiger partial charge in [-0.1, -0.05) is 88.2 Å². The quantitative estimate of drug-likeness (QED) is 0.205. The summed E-state index contributed by atoms with van der Waals surface area (Å²) in [4.78, 5) is 8.02. The zero-order valence-electron chi connectivity index (χ0n) is 25.4. The second kappa shape index (κ2) is 17.1. The van der Waals surface area contributed by atoms with Crippen LogP contribution in [-0.2, 0) is 6.42 Å². The molecular formula is C34H46ClF3N2. The van der Waals surface area contributed by atoms with Gasteiger partial charge in [0, 0.05) is 44.5 Å². The van der Waals surface area contributed by atoms with Crippen LogP contribution >= 0.6 is 11.6 Å². The standard InChI is InChI=1S/C21H24ClN.C9H17N.C4H5F3/c1-4-5-6-18-19-13-17(22)11-12-20(19)23-21(18)15(3)16-9-7-14(2)8-10-16;1-5-7-9(4)10-8(3)6-2;1-3(2)4(5,6)7/h7-13,15,23H,4-6H2,1-3H3;7H,5-6H2,1-4H3;1H2,2H3/b;9-7+,10-8?;. The number of alkyl halides is 3. The van der Waals surface area contributed by atoms with Crippen molar-refractivity contribution in [2.24, 2.45) is 4.99 Å². The fraction of sp³-hybridized carbons (Fsp3) is 0.441. The van der Waals surface area contributed by atoms with E-state index in [1.54, 1.807) is 0 Å². The van der Waals surface area contributed by atoms with E-state index in [1.165, 1.54) is 51.8 Å². The summed E-state index contributed by atoms with van der Waals surface area (Å²) in [6.07, 6.45) is 3.57. The van der Waals surface area contributed by atoms with Gasteiger partial charge in [0.2, 0.25) is 0 Å². The maximum absolute atomic E-state index is 11.1. The van der Waals surface area contributed by atoms with E-state index in [0.29, 0.717) is 5.92 Å². The van der Waals surface area contributed by atoms with Gasteiger partial charge in [0.15, 0.2) is 0 Å². The number of nitrogens with zero attached hydrogens (tertiary/aromatic N) is 1. The minimum absolute atomic E-state index is 0.355. The zero-order valence-corrected chi connectivity index (χ0v) is 26.2. The summed E-state index contributed by atoms with van der Waals surface area (Å²) >= 11 is 6.23. The lowest BCUT2D eigenvalue weighted by Gasteiger charge is -2.14. The van der Waals surface area contributed by atoms with Crippen molar-refractivity contribution in [1.29, 1.82) is 0 Å². The van der Waals surface area contributed by atoms with Crippen LogP contribution in [0.5, 0.6) is 0 Å². The Morgan fingerprint density at radius 3 is 2.15 bits per heavy atom. The second-order valence-corrected chi connectivity index (χ2v) is 10.6. The number of hydrogen-bond acceptors (Lipinski definition) is 1. The molecule has 40 heavy (non-hydrogen) atoms. The monoisotopic (exact) mass is 574 g/mol. The molecule has 0 amide bonds. The van der Waals surface area contributed by atoms with E-state index >= 15 is 0 Å². The van der Waals surface area contributed by atoms with Gasteiger partial charge < -0.3 is 4.98 Å². The summed E-state index contributed by atoms with van der Waals surface area (Å²) < 4.78 is 33.2. The number of halogens is 4. The molecule has 0 aliphatic carbocycles. The van der Waals surface area contributed by atoms with Crippen molar-refractivity contribution in [3.8, 4) is 0 Å². The van der Waals surface area contributed by atoms with Gasteiger partial charge >= 0.3 is 6.18 Å². The largest absolute Gasteiger partial charge is 0.411 e. The van der Waals surface area contributed by atoms with Crippen molar-refractivity contribution in [3.63, 3.8) is 0 Å². The lowest BCUT2D eigenvalue weighted by Crippen LogP contribution is -2.06. The first-order chi connectivity index (χ1) is 18.7. The Morgan fingerprint density at radius 2 is 1.65 bits per heavy atom. The average Bonchev–Trinajstić information content (AvgIpc) is 3.25. The Bertz CT molecular complexity index is 1260. The summed E-state index contributed by atoms with van der Waals surface area (Å²) in [5, 5.41) is 2.09. The molecule has 0 radical (unpaired) electrons. The normalized spacial score (nSPS) is 12.8. The van der Waals surface area contributed by atoms with Gasteiger partial charge in [0.25, 0.3) is 0 Å². The average molecular weight is 575 g/mol. The van der Waals surface area contributed by atoms with E-state index in [0.717, 1.165) is 36.9 Å². The molecule has 2 nitrogen and oxygen atoms in total. The highest BCUT2D eigenvalue weighted by molar-refractivity contribution is 6.31. The third kappa shape index (κ3) is 11.8. The number of fused-ring (bicyclic) bond motifs is 1. The number of allylic oxidation sites excluding steroid dienone is 3. The molecular weight excluding hydrogens is 529 g/mol. The van der Waals surface area contributed by atoms with Gasteiger partial charge in [-0.3, -0.25) is 4.99 Å². The molecule has 3 rings (SSSR count). The second-order valence-electron chi connectivity index (χ2n) is 10.2. The van der Waals surface area contributed by atoms with Crippen molar-refractivity contribution < 1.29 is 13.2 Å². The summed E-state index contributed by atoms with van der Waals surface area (Å²) in [7, 11) is 0. The molecule has 0 aliphatic rings. The minimum Gasteiger partial charge on any atom is -0.358 e. The minimum atomic E-state index is -4.19. The van der Waals surface area contributed by atoms with Crippen molar-refractivity contribution in [1.82, 2.24) is 4.98 Å². The van der Waals surface area contributed by atoms with E-state index in [2.05, 4.69) is 101 Å². The van der Waals surface area contributed by atoms with Gasteiger partial charge in [0.05, 0.1) is 0 Å². The smallest absolute Gasteiger partial charge is 0.358 e. The van der Waals surface area contributed by atoms with E-state index in [1.807, 2.05) is 13.0 Å². The van der Waals surface area contributed by atoms with Crippen molar-refractivity contribution >= 4 is 28.2 Å². The number of rotatable bonds is 8. The predicted octanol–water partition coefficient (Wildman–Crippen LogP) is 11.9. The summed E-state index contributed by atoms with van der Waals surface area (Å²) in [6, 6.07) is 15.0. The van der Waals surface area contributed by atoms with Gasteiger partial charge in [-0.05, 0) is 82.7 Å². The number of aromatic amines is 1. The Labute approximate surface area is 244 Å². The van der Waals surface area contributed by atoms with E-state index in [4.69, 9.17) is 11.6 Å². The van der Waals surface area contributed by atoms with Gasteiger partial charge in [-0.15, -0.1) is 0 Å². The molecule has 1 atom stereocenters. The van der Waals surface area contributed by atoms with Gasteiger partial charge in [0.1, 0.15) is 0 Å². The number of nitrogens with one attached hydrogen (secondary N) is 1. The summed E-state index contributed by atoms with van der Waals surface area (Å²) in [5.41, 5.74) is 8.20. The zero-order chi connectivity index (χ0) is 30.5. The van der Waals surface area contributed by atoms with E-state index in [9.17, 15) is 13.2 Å². The Kier molecular flexibility index (Phi) is 15.1. The molecule has 0 bridgehead atoms. The first kappa shape index (κ1) is 35.2. The number of aryl methyl sites for hydroxylation is 2. The molecule has 0 saturated heterocycles. The van der Waals surface area contributed by atoms with Crippen LogP contribution in [0.2, 0.25) is 5.02 Å². The third-order valence-corrected chi connectivity index (χ3v) is 6.79. The third-order valence-electron chi connectivity index (χ3n) is 6.55. The number of benzene rings is 2. The van der Waals surface area contributed by atoms with E-state index in [-0.39, 0.29) is 0 Å². The Morgan fingerprint density at radius 1 is 1.05 bits per heavy atom. The molecule has 220 valence electrons. The highest BCUT2D eigenvalue weighted by atomic mass is 35.5. The van der Waals surface area contributed by atoms with Crippen LogP contribution in [0.3, 0.4) is 0 Å². The number of aliphatic imine (C=N–C) groups is 1. The lowest BCUT2D eigenvalue weighted by atomic mass is 9.92. The predicted molar refractivity (Wildman–Crippen MR) is 169 cm³/mol. The molecule has 3 aromatic rings. The molecule has 6 heteroatoms. The molecule has 0 fully saturated rings. The summed E-state index contributed by atoms with van der Waals surface area (Å²) in [5.74, 6) is 0.355. The first-order valence-corrected chi connectivity index (χ1v) is 14.4. The van der Waals surface area contributed by atoms with Crippen LogP contribution in [-0.4, -0.2) is 16.9 Å². The molecule has 1 heterocycles. The molecule has 1 N–H and O–H groups in total. The van der Waals surface area contributed by atoms with Crippen LogP contribution in [0.4, 0.5) is 13.2 Å². The molecule has 2 aromatic carbocycles. The van der Waals surface area contributed by atoms with Crippen LogP contribution < -0.4 is 0 Å². The fourth-order valence-corrected chi connectivity index (χ4v) is 4.15. The SMILES string of the molecule is C=C(C)C(F)(F)F.CC/C=C(\C)N=C(C)CC.CCCCc1c(C(C)c2ccc(C)cc2)[nH]c2ccc(Cl)cc12. The van der Waals surface area contributed by atoms with Crippen molar-refractivity contribution in [3.05, 3.63) is 93.8 Å². The molecule has 0 saturated carbocycles. The van der Waals surface area contributed by atoms with Crippen LogP contribution in [0.1, 0.15) is 102 Å². The molecule has 1 unspecified atom stereocenters. The number of H-pyrrole nitrogens is 1. The number of aromatic nitrogens is 1. The highest BCUT2D eigenvalue weighted by Crippen LogP contribution is 2.34. The van der Waals surface area contributed by atoms with Crippen LogP contribution in [0.15, 0.2) is 71.4 Å². The van der Waals surface area contributed by atoms with Crippen molar-refractivity contribution in [2.45, 2.75) is 99.6 Å². The summed E-state index contributed by atoms with van der Waals surface area (Å²) in [6.45, 7) is 18.6. The fourth-order valence-electron chi connectivity index (χ4n) is 3.98. The number of unbranched alkanes of at least 4 members (excludes halogenated alkanes) is 1. The molecule has 0 aliphatic heterocycles. The molecule has 1 aromatic heterocycles. The van der Waals surface area contributed by atoms with Crippen LogP contribution in [0, 0.1) is 6.92 Å². The van der Waals surface area contributed by atoms with Crippen molar-refractivity contribution in [2.75, 3.05) is 0 Å². The van der Waals surface area contributed by atoms with Gasteiger partial charge in [-0.25, -0.2) is 0 Å². The van der Waals surface area contributed by atoms with E-state index < -0.39 is 11.7 Å². The van der Waals surface area contributed by atoms with Gasteiger partial charge in [-0.2, -0.15) is 13.2 Å². The number of hydrogen-bond donors (Lipinski definition) is 1. The topological polar surface area (TPSA) is 28.1 Å². The maximum atomic E-state index is 11.1. The maximum Gasteiger partial charge on any atom is 0.411 e. The van der Waals surface area contributed by atoms with Crippen LogP contribution in [0.25, 0.3) is 10.9 Å². The Hall–Kier alpha value is -2.79. The highest BCUT2D eigenvalue weighted by Gasteiger charge is 2.27. The first-order valence-electron chi connectivity index (χ1n) is 14.0.